The van der Waals surface area contributed by atoms with Gasteiger partial charge >= 0.3 is 23.1 Å². The Balaban J connectivity index is -0.0000000160. The van der Waals surface area contributed by atoms with E-state index in [9.17, 15) is 0 Å². The first-order valence-electron chi connectivity index (χ1n) is 1.99. The molecule has 0 heterocycles. The summed E-state index contributed by atoms with van der Waals surface area (Å²) >= 11 is 0. The molecule has 3 nitrogen and oxygen atoms in total. The molecule has 8 heavy (non-hydrogen) atoms. The van der Waals surface area contributed by atoms with E-state index in [4.69, 9.17) is 10.2 Å². The molecule has 0 rings (SSSR count). The summed E-state index contributed by atoms with van der Waals surface area (Å²) in [5.74, 6) is 0. The molecule has 0 fully saturated rings. The van der Waals surface area contributed by atoms with Crippen molar-refractivity contribution in [3.8, 4) is 0 Å². The van der Waals surface area contributed by atoms with Crippen molar-refractivity contribution in [2.45, 2.75) is 13.8 Å². The Hall–Kier alpha value is 0.646. The molecule has 0 aliphatic carbocycles. The average molecular weight is 131 g/mol. The van der Waals surface area contributed by atoms with E-state index >= 15 is 0 Å². The summed E-state index contributed by atoms with van der Waals surface area (Å²) in [5, 5.41) is 17.9. The second kappa shape index (κ2) is 48.2. The largest absolute Gasteiger partial charge is 2.00 e. The normalized spacial score (nSPS) is 4.50. The molecule has 0 saturated heterocycles. The van der Waals surface area contributed by atoms with Crippen molar-refractivity contribution in [1.29, 1.82) is 0 Å². The number of rotatable bonds is 0. The minimum atomic E-state index is 0. The van der Waals surface area contributed by atoms with Crippen LogP contribution in [0.2, 0.25) is 0 Å². The zero-order valence-electron chi connectivity index (χ0n) is 5.64. The summed E-state index contributed by atoms with van der Waals surface area (Å²) in [6.45, 7) is 3.14. The van der Waals surface area contributed by atoms with Gasteiger partial charge in [0.05, 0.1) is 0 Å². The second-order valence-electron chi connectivity index (χ2n) is 0.577. The molecule has 0 atom stereocenters. The molecule has 0 bridgehead atoms. The van der Waals surface area contributed by atoms with E-state index in [2.05, 4.69) is 0 Å². The van der Waals surface area contributed by atoms with E-state index in [1.807, 2.05) is 0 Å². The Kier molecular flexibility index (Phi) is 141. The summed E-state index contributed by atoms with van der Waals surface area (Å²) in [5.41, 5.74) is 0. The molecule has 0 radical (unpaired) electrons. The standard InChI is InChI=1S/2C2H5O.Mg.H3N/c2*1-2-3;;/h2*2H2,1H3;;1H3/q2*-1;+2;. The molecule has 0 unspecified atom stereocenters. The molecule has 0 spiro atoms. The predicted molar refractivity (Wildman–Crippen MR) is 31.9 cm³/mol. The molecular formula is C4H13MgNO2. The smallest absolute Gasteiger partial charge is 0.855 e. The van der Waals surface area contributed by atoms with Crippen LogP contribution in [0.5, 0.6) is 0 Å². The van der Waals surface area contributed by atoms with Crippen molar-refractivity contribution >= 4 is 23.1 Å². The quantitative estimate of drug-likeness (QED) is 0.407. The van der Waals surface area contributed by atoms with Crippen LogP contribution in [-0.2, 0) is 0 Å². The van der Waals surface area contributed by atoms with Gasteiger partial charge in [0.2, 0.25) is 0 Å². The van der Waals surface area contributed by atoms with Gasteiger partial charge in [0.1, 0.15) is 0 Å². The van der Waals surface area contributed by atoms with E-state index < -0.39 is 0 Å². The Morgan fingerprint density at radius 1 is 1.00 bits per heavy atom. The molecule has 4 heteroatoms. The van der Waals surface area contributed by atoms with Gasteiger partial charge in [0.25, 0.3) is 0 Å². The summed E-state index contributed by atoms with van der Waals surface area (Å²) in [7, 11) is 0. The van der Waals surface area contributed by atoms with Crippen LogP contribution in [0.25, 0.3) is 0 Å². The zero-order valence-corrected chi connectivity index (χ0v) is 7.06. The van der Waals surface area contributed by atoms with Crippen LogP contribution in [-0.4, -0.2) is 36.3 Å². The molecule has 0 saturated carbocycles. The summed E-state index contributed by atoms with van der Waals surface area (Å²) in [6.07, 6.45) is 0. The molecule has 0 aliphatic rings. The van der Waals surface area contributed by atoms with Crippen molar-refractivity contribution in [3.05, 3.63) is 0 Å². The summed E-state index contributed by atoms with van der Waals surface area (Å²) in [4.78, 5) is 0. The van der Waals surface area contributed by atoms with Crippen LogP contribution in [0.1, 0.15) is 13.8 Å². The Labute approximate surface area is 66.8 Å². The van der Waals surface area contributed by atoms with Gasteiger partial charge in [-0.05, 0) is 0 Å². The Morgan fingerprint density at radius 2 is 1.00 bits per heavy atom. The fraction of sp³-hybridized carbons (Fsp3) is 1.00. The first-order valence-corrected chi connectivity index (χ1v) is 1.99. The fourth-order valence-corrected chi connectivity index (χ4v) is 0. The monoisotopic (exact) mass is 131 g/mol. The average Bonchev–Trinajstić information content (AvgIpc) is 1.39. The van der Waals surface area contributed by atoms with Gasteiger partial charge < -0.3 is 16.4 Å². The fourth-order valence-electron chi connectivity index (χ4n) is 0. The van der Waals surface area contributed by atoms with Crippen LogP contribution >= 0.6 is 0 Å². The molecule has 48 valence electrons. The van der Waals surface area contributed by atoms with Crippen LogP contribution in [0.15, 0.2) is 0 Å². The third kappa shape index (κ3) is 507. The maximum atomic E-state index is 8.93. The summed E-state index contributed by atoms with van der Waals surface area (Å²) < 4.78 is 0. The Bertz CT molecular complexity index is 16.0. The second-order valence-corrected chi connectivity index (χ2v) is 0.577. The van der Waals surface area contributed by atoms with Crippen LogP contribution in [0.3, 0.4) is 0 Å². The van der Waals surface area contributed by atoms with Gasteiger partial charge in [0, 0.05) is 0 Å². The maximum absolute atomic E-state index is 8.93. The molecule has 0 aromatic carbocycles. The van der Waals surface area contributed by atoms with E-state index in [0.29, 0.717) is 0 Å². The first-order chi connectivity index (χ1) is 2.83. The predicted octanol–water partition coefficient (Wildman–Crippen LogP) is -1.49. The van der Waals surface area contributed by atoms with Crippen LogP contribution < -0.4 is 16.4 Å². The van der Waals surface area contributed by atoms with Crippen molar-refractivity contribution in [2.75, 3.05) is 13.2 Å². The van der Waals surface area contributed by atoms with Gasteiger partial charge in [-0.3, -0.25) is 0 Å². The Morgan fingerprint density at radius 3 is 1.00 bits per heavy atom. The molecule has 0 aromatic heterocycles. The molecule has 0 aliphatic heterocycles. The SMILES string of the molecule is CC[O-].CC[O-].N.[Mg+2]. The first kappa shape index (κ1) is 23.4. The van der Waals surface area contributed by atoms with Crippen molar-refractivity contribution in [1.82, 2.24) is 6.15 Å². The van der Waals surface area contributed by atoms with Crippen LogP contribution in [0.4, 0.5) is 0 Å². The van der Waals surface area contributed by atoms with Gasteiger partial charge in [0.15, 0.2) is 0 Å². The zero-order chi connectivity index (χ0) is 5.41. The topological polar surface area (TPSA) is 81.1 Å². The van der Waals surface area contributed by atoms with Crippen molar-refractivity contribution in [2.24, 2.45) is 0 Å². The molecule has 3 N–H and O–H groups in total. The molecular weight excluding hydrogens is 118 g/mol. The van der Waals surface area contributed by atoms with Gasteiger partial charge in [-0.2, -0.15) is 0 Å². The summed E-state index contributed by atoms with van der Waals surface area (Å²) in [6, 6.07) is 0. The van der Waals surface area contributed by atoms with Crippen LogP contribution in [0, 0.1) is 0 Å². The van der Waals surface area contributed by atoms with Gasteiger partial charge in [-0.25, -0.2) is 0 Å². The number of hydrogen-bond donors (Lipinski definition) is 1. The van der Waals surface area contributed by atoms with Gasteiger partial charge in [-0.15, -0.1) is 13.2 Å². The van der Waals surface area contributed by atoms with E-state index in [1.165, 1.54) is 0 Å². The third-order valence-corrected chi connectivity index (χ3v) is 0. The van der Waals surface area contributed by atoms with Crippen molar-refractivity contribution in [3.63, 3.8) is 0 Å². The van der Waals surface area contributed by atoms with Crippen molar-refractivity contribution < 1.29 is 10.2 Å². The maximum Gasteiger partial charge on any atom is 2.00 e. The van der Waals surface area contributed by atoms with E-state index in [1.54, 1.807) is 13.8 Å². The van der Waals surface area contributed by atoms with Gasteiger partial charge in [-0.1, -0.05) is 13.8 Å². The number of hydrogen-bond acceptors (Lipinski definition) is 3. The third-order valence-electron chi connectivity index (χ3n) is 0. The minimum absolute atomic E-state index is 0. The molecule has 0 amide bonds. The minimum Gasteiger partial charge on any atom is -0.855 e. The van der Waals surface area contributed by atoms with E-state index in [0.717, 1.165) is 0 Å². The molecule has 0 aromatic rings. The van der Waals surface area contributed by atoms with E-state index in [-0.39, 0.29) is 42.4 Å².